The normalized spacial score (nSPS) is 10.9. The molecule has 0 amide bonds. The number of nitrogens with zero attached hydrogens (tertiary/aromatic N) is 7. The lowest BCUT2D eigenvalue weighted by atomic mass is 10.3. The zero-order valence-corrected chi connectivity index (χ0v) is 11.5. The molecular formula is C13H16N8. The molecule has 0 bridgehead atoms. The molecule has 0 fully saturated rings. The lowest BCUT2D eigenvalue weighted by Gasteiger charge is -2.06. The summed E-state index contributed by atoms with van der Waals surface area (Å²) in [7, 11) is 0. The van der Waals surface area contributed by atoms with E-state index in [1.165, 1.54) is 0 Å². The minimum atomic E-state index is 0.624. The molecule has 0 atom stereocenters. The lowest BCUT2D eigenvalue weighted by Crippen LogP contribution is -2.19. The van der Waals surface area contributed by atoms with Gasteiger partial charge in [-0.15, -0.1) is 10.2 Å². The zero-order chi connectivity index (χ0) is 14.3. The highest BCUT2D eigenvalue weighted by Gasteiger charge is 2.06. The number of aryl methyl sites for hydroxylation is 1. The van der Waals surface area contributed by atoms with Crippen LogP contribution in [0.1, 0.15) is 12.2 Å². The topological polar surface area (TPSA) is 86.3 Å². The van der Waals surface area contributed by atoms with Crippen molar-refractivity contribution < 1.29 is 0 Å². The van der Waals surface area contributed by atoms with Gasteiger partial charge in [-0.2, -0.15) is 4.68 Å². The van der Waals surface area contributed by atoms with Crippen molar-refractivity contribution in [3.63, 3.8) is 0 Å². The van der Waals surface area contributed by atoms with Crippen molar-refractivity contribution in [2.24, 2.45) is 0 Å². The van der Waals surface area contributed by atoms with Crippen LogP contribution in [0.5, 0.6) is 0 Å². The van der Waals surface area contributed by atoms with Crippen molar-refractivity contribution in [2.75, 3.05) is 6.54 Å². The minimum absolute atomic E-state index is 0.624. The maximum atomic E-state index is 4.05. The van der Waals surface area contributed by atoms with Crippen LogP contribution in [0.15, 0.2) is 42.7 Å². The fourth-order valence-electron chi connectivity index (χ4n) is 2.00. The third-order valence-electron chi connectivity index (χ3n) is 3.03. The number of rotatable bonds is 7. The van der Waals surface area contributed by atoms with Gasteiger partial charge in [0.2, 0.25) is 0 Å². The van der Waals surface area contributed by atoms with Crippen LogP contribution >= 0.6 is 0 Å². The number of benzene rings is 1. The Hall–Kier alpha value is -2.61. The van der Waals surface area contributed by atoms with Crippen LogP contribution in [0.2, 0.25) is 0 Å². The molecule has 2 heterocycles. The molecule has 1 N–H and O–H groups in total. The minimum Gasteiger partial charge on any atom is -0.310 e. The first-order valence-corrected chi connectivity index (χ1v) is 6.81. The molecule has 2 aromatic heterocycles. The van der Waals surface area contributed by atoms with Crippen molar-refractivity contribution in [1.29, 1.82) is 0 Å². The molecule has 8 heteroatoms. The highest BCUT2D eigenvalue weighted by molar-refractivity contribution is 5.30. The van der Waals surface area contributed by atoms with Crippen molar-refractivity contribution >= 4 is 0 Å². The first-order chi connectivity index (χ1) is 10.4. The van der Waals surface area contributed by atoms with E-state index in [1.54, 1.807) is 10.9 Å². The van der Waals surface area contributed by atoms with E-state index in [4.69, 9.17) is 0 Å². The average Bonchev–Trinajstić information content (AvgIpc) is 3.19. The average molecular weight is 284 g/mol. The van der Waals surface area contributed by atoms with E-state index in [9.17, 15) is 0 Å². The van der Waals surface area contributed by atoms with Gasteiger partial charge in [0.15, 0.2) is 5.82 Å². The predicted molar refractivity (Wildman–Crippen MR) is 75.5 cm³/mol. The van der Waals surface area contributed by atoms with Crippen LogP contribution in [-0.4, -0.2) is 41.7 Å². The number of hydrogen-bond acceptors (Lipinski definition) is 6. The third-order valence-corrected chi connectivity index (χ3v) is 3.03. The van der Waals surface area contributed by atoms with Gasteiger partial charge in [0.25, 0.3) is 0 Å². The molecular weight excluding hydrogens is 268 g/mol. The Labute approximate surface area is 121 Å². The van der Waals surface area contributed by atoms with Crippen LogP contribution in [-0.2, 0) is 13.1 Å². The van der Waals surface area contributed by atoms with E-state index in [0.717, 1.165) is 31.0 Å². The molecule has 0 aliphatic heterocycles. The van der Waals surface area contributed by atoms with Gasteiger partial charge in [0, 0.05) is 12.7 Å². The molecule has 0 saturated carbocycles. The van der Waals surface area contributed by atoms with Crippen LogP contribution in [0, 0.1) is 0 Å². The van der Waals surface area contributed by atoms with E-state index in [-0.39, 0.29) is 0 Å². The third kappa shape index (κ3) is 3.48. The number of hydrogen-bond donors (Lipinski definition) is 1. The van der Waals surface area contributed by atoms with Gasteiger partial charge in [0.1, 0.15) is 0 Å². The molecule has 8 nitrogen and oxygen atoms in total. The summed E-state index contributed by atoms with van der Waals surface area (Å²) >= 11 is 0. The maximum Gasteiger partial charge on any atom is 0.170 e. The van der Waals surface area contributed by atoms with Crippen LogP contribution in [0.25, 0.3) is 5.69 Å². The number of aromatic nitrogens is 7. The second-order valence-electron chi connectivity index (χ2n) is 4.54. The Morgan fingerprint density at radius 3 is 2.81 bits per heavy atom. The van der Waals surface area contributed by atoms with E-state index in [2.05, 4.69) is 31.2 Å². The van der Waals surface area contributed by atoms with Crippen molar-refractivity contribution in [2.45, 2.75) is 19.5 Å². The summed E-state index contributed by atoms with van der Waals surface area (Å²) in [6, 6.07) is 9.85. The standard InChI is InChI=1S/C13H16N8/c1-2-5-12(6-3-1)21-13(16-17-19-21)11-14-7-4-9-20-10-8-15-18-20/h1-3,5-6,8,10,14H,4,7,9,11H2. The Kier molecular flexibility index (Phi) is 4.27. The summed E-state index contributed by atoms with van der Waals surface area (Å²) in [5, 5.41) is 22.8. The second kappa shape index (κ2) is 6.71. The smallest absolute Gasteiger partial charge is 0.170 e. The lowest BCUT2D eigenvalue weighted by molar-refractivity contribution is 0.524. The first-order valence-electron chi connectivity index (χ1n) is 6.81. The fourth-order valence-corrected chi connectivity index (χ4v) is 2.00. The van der Waals surface area contributed by atoms with E-state index < -0.39 is 0 Å². The largest absolute Gasteiger partial charge is 0.310 e. The van der Waals surface area contributed by atoms with E-state index >= 15 is 0 Å². The quantitative estimate of drug-likeness (QED) is 0.633. The van der Waals surface area contributed by atoms with E-state index in [0.29, 0.717) is 6.54 Å². The molecule has 1 aromatic carbocycles. The molecule has 0 aliphatic rings. The van der Waals surface area contributed by atoms with Crippen LogP contribution in [0.3, 0.4) is 0 Å². The predicted octanol–water partition coefficient (Wildman–Crippen LogP) is 0.434. The summed E-state index contributed by atoms with van der Waals surface area (Å²) in [5.74, 6) is 0.793. The summed E-state index contributed by atoms with van der Waals surface area (Å²) in [6.07, 6.45) is 4.51. The van der Waals surface area contributed by atoms with Crippen molar-refractivity contribution in [3.05, 3.63) is 48.5 Å². The molecule has 0 aliphatic carbocycles. The highest BCUT2D eigenvalue weighted by atomic mass is 15.5. The molecule has 0 unspecified atom stereocenters. The first kappa shape index (κ1) is 13.4. The SMILES string of the molecule is c1ccc(-n2nnnc2CNCCCn2ccnn2)cc1. The van der Waals surface area contributed by atoms with Gasteiger partial charge in [-0.1, -0.05) is 23.4 Å². The van der Waals surface area contributed by atoms with Gasteiger partial charge in [-0.25, -0.2) is 0 Å². The second-order valence-corrected chi connectivity index (χ2v) is 4.54. The molecule has 21 heavy (non-hydrogen) atoms. The fraction of sp³-hybridized carbons (Fsp3) is 0.308. The number of para-hydroxylation sites is 1. The summed E-state index contributed by atoms with van der Waals surface area (Å²) in [5.41, 5.74) is 0.960. The Morgan fingerprint density at radius 2 is 2.00 bits per heavy atom. The molecule has 3 aromatic rings. The van der Waals surface area contributed by atoms with Gasteiger partial charge in [-0.3, -0.25) is 4.68 Å². The van der Waals surface area contributed by atoms with Crippen LogP contribution < -0.4 is 5.32 Å². The van der Waals surface area contributed by atoms with Crippen molar-refractivity contribution in [3.8, 4) is 5.69 Å². The molecule has 0 radical (unpaired) electrons. The van der Waals surface area contributed by atoms with Gasteiger partial charge >= 0.3 is 0 Å². The number of tetrazole rings is 1. The summed E-state index contributed by atoms with van der Waals surface area (Å²) < 4.78 is 3.56. The molecule has 0 saturated heterocycles. The molecule has 108 valence electrons. The highest BCUT2D eigenvalue weighted by Crippen LogP contribution is 2.06. The van der Waals surface area contributed by atoms with Crippen LogP contribution in [0.4, 0.5) is 0 Å². The Bertz CT molecular complexity index is 646. The maximum absolute atomic E-state index is 4.05. The summed E-state index contributed by atoms with van der Waals surface area (Å²) in [6.45, 7) is 2.33. The molecule has 3 rings (SSSR count). The van der Waals surface area contributed by atoms with Gasteiger partial charge in [0.05, 0.1) is 18.4 Å². The summed E-state index contributed by atoms with van der Waals surface area (Å²) in [4.78, 5) is 0. The Morgan fingerprint density at radius 1 is 1.10 bits per heavy atom. The number of nitrogens with one attached hydrogen (secondary N) is 1. The van der Waals surface area contributed by atoms with Gasteiger partial charge < -0.3 is 5.32 Å². The van der Waals surface area contributed by atoms with Gasteiger partial charge in [-0.05, 0) is 35.5 Å². The zero-order valence-electron chi connectivity index (χ0n) is 11.5. The van der Waals surface area contributed by atoms with Crippen molar-refractivity contribution in [1.82, 2.24) is 40.5 Å². The Balaban J connectivity index is 1.49. The molecule has 0 spiro atoms. The monoisotopic (exact) mass is 284 g/mol. The van der Waals surface area contributed by atoms with E-state index in [1.807, 2.05) is 41.2 Å².